The highest BCUT2D eigenvalue weighted by molar-refractivity contribution is 5.94. The highest BCUT2D eigenvalue weighted by Crippen LogP contribution is 2.23. The molecule has 1 aliphatic heterocycles. The maximum Gasteiger partial charge on any atom is 0.253 e. The van der Waals surface area contributed by atoms with Gasteiger partial charge in [-0.3, -0.25) is 9.48 Å². The molecule has 0 N–H and O–H groups in total. The van der Waals surface area contributed by atoms with Gasteiger partial charge in [-0.05, 0) is 43.0 Å². The van der Waals surface area contributed by atoms with E-state index in [1.54, 1.807) is 12.5 Å². The first-order valence-corrected chi connectivity index (χ1v) is 9.04. The van der Waals surface area contributed by atoms with E-state index >= 15 is 0 Å². The Morgan fingerprint density at radius 1 is 1.35 bits per heavy atom. The monoisotopic (exact) mass is 349 g/mol. The van der Waals surface area contributed by atoms with Crippen LogP contribution in [-0.2, 0) is 6.54 Å². The van der Waals surface area contributed by atoms with Crippen LogP contribution < -0.4 is 0 Å². The Bertz CT molecular complexity index is 883. The first-order chi connectivity index (χ1) is 12.7. The Morgan fingerprint density at radius 2 is 2.27 bits per heavy atom. The van der Waals surface area contributed by atoms with Crippen molar-refractivity contribution in [1.29, 1.82) is 0 Å². The molecule has 0 unspecified atom stereocenters. The van der Waals surface area contributed by atoms with Crippen LogP contribution in [0.2, 0.25) is 0 Å². The maximum atomic E-state index is 13.0. The second kappa shape index (κ2) is 7.15. The summed E-state index contributed by atoms with van der Waals surface area (Å²) in [5.41, 5.74) is 3.01. The van der Waals surface area contributed by atoms with Gasteiger partial charge >= 0.3 is 0 Å². The van der Waals surface area contributed by atoms with Gasteiger partial charge in [-0.1, -0.05) is 12.1 Å². The van der Waals surface area contributed by atoms with Gasteiger partial charge < -0.3 is 9.47 Å². The molecule has 1 saturated heterocycles. The van der Waals surface area contributed by atoms with E-state index in [0.29, 0.717) is 6.54 Å². The van der Waals surface area contributed by atoms with Crippen molar-refractivity contribution in [3.63, 3.8) is 0 Å². The van der Waals surface area contributed by atoms with Gasteiger partial charge in [-0.25, -0.2) is 4.98 Å². The lowest BCUT2D eigenvalue weighted by Crippen LogP contribution is -2.40. The maximum absolute atomic E-state index is 13.0. The van der Waals surface area contributed by atoms with Crippen molar-refractivity contribution in [2.75, 3.05) is 13.1 Å². The van der Waals surface area contributed by atoms with Gasteiger partial charge in [0.2, 0.25) is 0 Å². The van der Waals surface area contributed by atoms with Crippen LogP contribution in [0.1, 0.15) is 40.4 Å². The van der Waals surface area contributed by atoms with E-state index < -0.39 is 0 Å². The highest BCUT2D eigenvalue weighted by atomic mass is 16.2. The molecule has 134 valence electrons. The van der Waals surface area contributed by atoms with Crippen molar-refractivity contribution < 1.29 is 4.79 Å². The quantitative estimate of drug-likeness (QED) is 0.728. The summed E-state index contributed by atoms with van der Waals surface area (Å²) in [6, 6.07) is 8.15. The molecule has 0 spiro atoms. The van der Waals surface area contributed by atoms with E-state index in [1.165, 1.54) is 0 Å². The molecular weight excluding hydrogens is 326 g/mol. The topological polar surface area (TPSA) is 56.0 Å². The van der Waals surface area contributed by atoms with E-state index in [1.807, 2.05) is 57.7 Å². The zero-order valence-electron chi connectivity index (χ0n) is 15.0. The molecule has 6 heteroatoms. The first kappa shape index (κ1) is 16.6. The average Bonchev–Trinajstić information content (AvgIpc) is 3.33. The summed E-state index contributed by atoms with van der Waals surface area (Å²) in [7, 11) is 0. The molecule has 4 rings (SSSR count). The number of carbonyl (C=O) groups excluding carboxylic acids is 1. The van der Waals surface area contributed by atoms with Crippen LogP contribution in [-0.4, -0.2) is 43.2 Å². The van der Waals surface area contributed by atoms with Gasteiger partial charge in [-0.2, -0.15) is 5.10 Å². The molecule has 1 amide bonds. The summed E-state index contributed by atoms with van der Waals surface area (Å²) >= 11 is 0. The van der Waals surface area contributed by atoms with E-state index in [9.17, 15) is 4.79 Å². The van der Waals surface area contributed by atoms with Crippen LogP contribution in [0.4, 0.5) is 0 Å². The molecule has 3 heterocycles. The summed E-state index contributed by atoms with van der Waals surface area (Å²) in [6.45, 7) is 4.28. The van der Waals surface area contributed by atoms with E-state index in [-0.39, 0.29) is 11.9 Å². The minimum atomic E-state index is 0.103. The summed E-state index contributed by atoms with van der Waals surface area (Å²) in [5, 5.41) is 4.43. The summed E-state index contributed by atoms with van der Waals surface area (Å²) in [6.07, 6.45) is 11.5. The normalized spacial score (nSPS) is 17.4. The molecule has 0 radical (unpaired) electrons. The number of amides is 1. The van der Waals surface area contributed by atoms with Crippen LogP contribution in [0, 0.1) is 6.92 Å². The third-order valence-corrected chi connectivity index (χ3v) is 4.89. The number of likely N-dealkylation sites (tertiary alicyclic amines) is 1. The molecule has 1 atom stereocenters. The van der Waals surface area contributed by atoms with Gasteiger partial charge in [0.1, 0.15) is 0 Å². The Morgan fingerprint density at radius 3 is 3.04 bits per heavy atom. The minimum absolute atomic E-state index is 0.103. The molecule has 26 heavy (non-hydrogen) atoms. The third-order valence-electron chi connectivity index (χ3n) is 4.89. The zero-order valence-corrected chi connectivity index (χ0v) is 15.0. The Labute approximate surface area is 153 Å². The molecule has 6 nitrogen and oxygen atoms in total. The van der Waals surface area contributed by atoms with E-state index in [2.05, 4.69) is 16.3 Å². The average molecular weight is 349 g/mol. The Balaban J connectivity index is 1.48. The molecule has 0 bridgehead atoms. The standard InChI is InChI=1S/C20H23N5O/c1-16-11-22-25(12-16)19-6-3-8-24(14-19)20(26)18-5-2-4-17(10-18)13-23-9-7-21-15-23/h2,4-5,7,9-12,15,19H,3,6,8,13-14H2,1H3/t19-/m0/s1. The van der Waals surface area contributed by atoms with Crippen LogP contribution in [0.25, 0.3) is 0 Å². The van der Waals surface area contributed by atoms with Crippen molar-refractivity contribution in [1.82, 2.24) is 24.2 Å². The second-order valence-corrected chi connectivity index (χ2v) is 6.98. The number of nitrogens with zero attached hydrogens (tertiary/aromatic N) is 5. The van der Waals surface area contributed by atoms with Gasteiger partial charge in [0, 0.05) is 43.8 Å². The fourth-order valence-electron chi connectivity index (χ4n) is 3.56. The number of hydrogen-bond acceptors (Lipinski definition) is 3. The molecule has 0 saturated carbocycles. The number of carbonyl (C=O) groups is 1. The van der Waals surface area contributed by atoms with Crippen molar-refractivity contribution >= 4 is 5.91 Å². The molecule has 1 aliphatic rings. The summed E-state index contributed by atoms with van der Waals surface area (Å²) < 4.78 is 4.00. The number of imidazole rings is 1. The lowest BCUT2D eigenvalue weighted by Gasteiger charge is -2.33. The number of hydrogen-bond donors (Lipinski definition) is 0. The van der Waals surface area contributed by atoms with Crippen molar-refractivity contribution in [3.05, 3.63) is 72.1 Å². The third kappa shape index (κ3) is 3.54. The summed E-state index contributed by atoms with van der Waals surface area (Å²) in [4.78, 5) is 19.0. The summed E-state index contributed by atoms with van der Waals surface area (Å²) in [5.74, 6) is 0.103. The number of piperidine rings is 1. The van der Waals surface area contributed by atoms with Crippen LogP contribution in [0.3, 0.4) is 0 Å². The number of aromatic nitrogens is 4. The fourth-order valence-corrected chi connectivity index (χ4v) is 3.56. The Hall–Kier alpha value is -2.89. The van der Waals surface area contributed by atoms with Crippen LogP contribution in [0.5, 0.6) is 0 Å². The van der Waals surface area contributed by atoms with Crippen molar-refractivity contribution in [2.24, 2.45) is 0 Å². The second-order valence-electron chi connectivity index (χ2n) is 6.98. The first-order valence-electron chi connectivity index (χ1n) is 9.04. The SMILES string of the molecule is Cc1cnn([C@H]2CCCN(C(=O)c3cccc(Cn4ccnc4)c3)C2)c1. The predicted octanol–water partition coefficient (Wildman–Crippen LogP) is 2.91. The van der Waals surface area contributed by atoms with Crippen LogP contribution >= 0.6 is 0 Å². The largest absolute Gasteiger partial charge is 0.337 e. The van der Waals surface area contributed by atoms with Gasteiger partial charge in [0.25, 0.3) is 5.91 Å². The van der Waals surface area contributed by atoms with E-state index in [4.69, 9.17) is 0 Å². The molecule has 1 fully saturated rings. The smallest absolute Gasteiger partial charge is 0.253 e. The van der Waals surface area contributed by atoms with Gasteiger partial charge in [-0.15, -0.1) is 0 Å². The molecule has 0 aliphatic carbocycles. The molecule has 3 aromatic rings. The molecule has 2 aromatic heterocycles. The predicted molar refractivity (Wildman–Crippen MR) is 98.9 cm³/mol. The number of benzene rings is 1. The fraction of sp³-hybridized carbons (Fsp3) is 0.350. The van der Waals surface area contributed by atoms with Crippen molar-refractivity contribution in [3.8, 4) is 0 Å². The minimum Gasteiger partial charge on any atom is -0.337 e. The van der Waals surface area contributed by atoms with Crippen molar-refractivity contribution in [2.45, 2.75) is 32.4 Å². The van der Waals surface area contributed by atoms with Gasteiger partial charge in [0.05, 0.1) is 18.6 Å². The Kier molecular flexibility index (Phi) is 4.56. The van der Waals surface area contributed by atoms with Gasteiger partial charge in [0.15, 0.2) is 0 Å². The molecule has 1 aromatic carbocycles. The number of rotatable bonds is 4. The lowest BCUT2D eigenvalue weighted by atomic mass is 10.0. The lowest BCUT2D eigenvalue weighted by molar-refractivity contribution is 0.0673. The van der Waals surface area contributed by atoms with E-state index in [0.717, 1.165) is 42.6 Å². The number of aryl methyl sites for hydroxylation is 1. The van der Waals surface area contributed by atoms with Crippen LogP contribution in [0.15, 0.2) is 55.4 Å². The highest BCUT2D eigenvalue weighted by Gasteiger charge is 2.26. The zero-order chi connectivity index (χ0) is 17.9. The molecular formula is C20H23N5O.